The van der Waals surface area contributed by atoms with Crippen LogP contribution in [0.3, 0.4) is 0 Å². The van der Waals surface area contributed by atoms with Crippen LogP contribution in [0.5, 0.6) is 0 Å². The summed E-state index contributed by atoms with van der Waals surface area (Å²) in [5, 5.41) is 0. The van der Waals surface area contributed by atoms with Crippen molar-refractivity contribution in [2.45, 2.75) is 19.8 Å². The lowest BCUT2D eigenvalue weighted by Crippen LogP contribution is -1.91. The number of nitrogen functional groups attached to an aromatic ring is 1. The van der Waals surface area contributed by atoms with Crippen molar-refractivity contribution in [3.05, 3.63) is 36.0 Å². The Morgan fingerprint density at radius 1 is 1.38 bits per heavy atom. The van der Waals surface area contributed by atoms with Gasteiger partial charge in [-0.3, -0.25) is 0 Å². The molecule has 3 nitrogen and oxygen atoms in total. The first-order valence-corrected chi connectivity index (χ1v) is 5.09. The standard InChI is InChI=1S/C12H13FN2O/c1-7(2)11-6-15-12(16-11)9-5-8(13)3-4-10(9)14/h3-7H,14H2,1-2H3. The first-order valence-electron chi connectivity index (χ1n) is 5.09. The summed E-state index contributed by atoms with van der Waals surface area (Å²) < 4.78 is 18.6. The van der Waals surface area contributed by atoms with Gasteiger partial charge in [-0.1, -0.05) is 13.8 Å². The van der Waals surface area contributed by atoms with E-state index in [2.05, 4.69) is 4.98 Å². The highest BCUT2D eigenvalue weighted by Gasteiger charge is 2.12. The third-order valence-electron chi connectivity index (χ3n) is 2.34. The molecule has 0 atom stereocenters. The average molecular weight is 220 g/mol. The molecule has 0 aliphatic rings. The van der Waals surface area contributed by atoms with E-state index in [4.69, 9.17) is 10.2 Å². The van der Waals surface area contributed by atoms with Crippen molar-refractivity contribution in [2.75, 3.05) is 5.73 Å². The Morgan fingerprint density at radius 3 is 2.75 bits per heavy atom. The van der Waals surface area contributed by atoms with Gasteiger partial charge in [0.15, 0.2) is 0 Å². The lowest BCUT2D eigenvalue weighted by molar-refractivity contribution is 0.495. The van der Waals surface area contributed by atoms with Gasteiger partial charge in [0.05, 0.1) is 11.8 Å². The molecule has 0 saturated heterocycles. The minimum atomic E-state index is -0.353. The molecule has 0 fully saturated rings. The van der Waals surface area contributed by atoms with E-state index < -0.39 is 0 Å². The van der Waals surface area contributed by atoms with Crippen LogP contribution in [0, 0.1) is 5.82 Å². The lowest BCUT2D eigenvalue weighted by Gasteiger charge is -2.01. The third-order valence-corrected chi connectivity index (χ3v) is 2.34. The highest BCUT2D eigenvalue weighted by atomic mass is 19.1. The number of hydrogen-bond donors (Lipinski definition) is 1. The molecule has 0 aliphatic heterocycles. The van der Waals surface area contributed by atoms with Crippen LogP contribution in [0.1, 0.15) is 25.5 Å². The van der Waals surface area contributed by atoms with E-state index in [0.29, 0.717) is 17.1 Å². The Labute approximate surface area is 93.1 Å². The molecule has 0 radical (unpaired) electrons. The smallest absolute Gasteiger partial charge is 0.228 e. The molecule has 16 heavy (non-hydrogen) atoms. The number of benzene rings is 1. The normalized spacial score (nSPS) is 11.0. The topological polar surface area (TPSA) is 52.0 Å². The van der Waals surface area contributed by atoms with Crippen molar-refractivity contribution >= 4 is 5.69 Å². The first kappa shape index (κ1) is 10.7. The van der Waals surface area contributed by atoms with Crippen molar-refractivity contribution < 1.29 is 8.81 Å². The summed E-state index contributed by atoms with van der Waals surface area (Å²) in [6.07, 6.45) is 1.64. The fraction of sp³-hybridized carbons (Fsp3) is 0.250. The Kier molecular flexibility index (Phi) is 2.64. The zero-order chi connectivity index (χ0) is 11.7. The Morgan fingerprint density at radius 2 is 2.12 bits per heavy atom. The molecule has 4 heteroatoms. The van der Waals surface area contributed by atoms with Crippen LogP contribution in [0.25, 0.3) is 11.5 Å². The van der Waals surface area contributed by atoms with E-state index in [1.165, 1.54) is 18.2 Å². The van der Waals surface area contributed by atoms with Crippen LogP contribution < -0.4 is 5.73 Å². The number of hydrogen-bond acceptors (Lipinski definition) is 3. The Balaban J connectivity index is 2.46. The summed E-state index contributed by atoms with van der Waals surface area (Å²) in [4.78, 5) is 4.10. The molecule has 2 rings (SSSR count). The van der Waals surface area contributed by atoms with Gasteiger partial charge in [-0.2, -0.15) is 0 Å². The van der Waals surface area contributed by atoms with Gasteiger partial charge in [-0.05, 0) is 18.2 Å². The van der Waals surface area contributed by atoms with E-state index in [9.17, 15) is 4.39 Å². The SMILES string of the molecule is CC(C)c1cnc(-c2cc(F)ccc2N)o1. The summed E-state index contributed by atoms with van der Waals surface area (Å²) in [6.45, 7) is 4.00. The second kappa shape index (κ2) is 3.96. The zero-order valence-electron chi connectivity index (χ0n) is 9.20. The summed E-state index contributed by atoms with van der Waals surface area (Å²) in [6, 6.07) is 4.14. The van der Waals surface area contributed by atoms with Crippen molar-refractivity contribution in [2.24, 2.45) is 0 Å². The molecular weight excluding hydrogens is 207 g/mol. The van der Waals surface area contributed by atoms with Crippen LogP contribution in [0.15, 0.2) is 28.8 Å². The molecule has 84 valence electrons. The number of rotatable bonds is 2. The molecule has 1 aromatic carbocycles. The number of anilines is 1. The highest BCUT2D eigenvalue weighted by molar-refractivity contribution is 5.70. The average Bonchev–Trinajstić information content (AvgIpc) is 2.70. The first-order chi connectivity index (χ1) is 7.58. The van der Waals surface area contributed by atoms with Crippen molar-refractivity contribution in [3.63, 3.8) is 0 Å². The maximum Gasteiger partial charge on any atom is 0.228 e. The van der Waals surface area contributed by atoms with Gasteiger partial charge >= 0.3 is 0 Å². The molecule has 1 heterocycles. The molecule has 2 N–H and O–H groups in total. The lowest BCUT2D eigenvalue weighted by atomic mass is 10.2. The fourth-order valence-corrected chi connectivity index (χ4v) is 1.39. The molecule has 0 unspecified atom stereocenters. The molecule has 0 saturated carbocycles. The van der Waals surface area contributed by atoms with E-state index in [-0.39, 0.29) is 11.7 Å². The van der Waals surface area contributed by atoms with E-state index in [1.54, 1.807) is 6.20 Å². The molecule has 0 aliphatic carbocycles. The van der Waals surface area contributed by atoms with Gasteiger partial charge < -0.3 is 10.2 Å². The van der Waals surface area contributed by atoms with E-state index >= 15 is 0 Å². The Bertz CT molecular complexity index is 505. The quantitative estimate of drug-likeness (QED) is 0.791. The maximum absolute atomic E-state index is 13.1. The number of nitrogens with zero attached hydrogens (tertiary/aromatic N) is 1. The number of nitrogens with two attached hydrogens (primary N) is 1. The van der Waals surface area contributed by atoms with Crippen LogP contribution in [-0.4, -0.2) is 4.98 Å². The van der Waals surface area contributed by atoms with Crippen LogP contribution in [0.4, 0.5) is 10.1 Å². The second-order valence-corrected chi connectivity index (χ2v) is 3.95. The Hall–Kier alpha value is -1.84. The highest BCUT2D eigenvalue weighted by Crippen LogP contribution is 2.28. The molecular formula is C12H13FN2O. The van der Waals surface area contributed by atoms with Crippen molar-refractivity contribution in [1.82, 2.24) is 4.98 Å². The van der Waals surface area contributed by atoms with Crippen molar-refractivity contribution in [3.8, 4) is 11.5 Å². The van der Waals surface area contributed by atoms with E-state index in [0.717, 1.165) is 5.76 Å². The predicted octanol–water partition coefficient (Wildman–Crippen LogP) is 3.19. The summed E-state index contributed by atoms with van der Waals surface area (Å²) >= 11 is 0. The monoisotopic (exact) mass is 220 g/mol. The summed E-state index contributed by atoms with van der Waals surface area (Å²) in [5.41, 5.74) is 6.69. The summed E-state index contributed by atoms with van der Waals surface area (Å²) in [5.74, 6) is 1.02. The number of halogens is 1. The predicted molar refractivity (Wildman–Crippen MR) is 60.4 cm³/mol. The zero-order valence-corrected chi connectivity index (χ0v) is 9.20. The second-order valence-electron chi connectivity index (χ2n) is 3.95. The van der Waals surface area contributed by atoms with Crippen molar-refractivity contribution in [1.29, 1.82) is 0 Å². The van der Waals surface area contributed by atoms with Gasteiger partial charge in [0.1, 0.15) is 11.6 Å². The van der Waals surface area contributed by atoms with Gasteiger partial charge in [-0.25, -0.2) is 9.37 Å². The van der Waals surface area contributed by atoms with Gasteiger partial charge in [0.25, 0.3) is 0 Å². The van der Waals surface area contributed by atoms with Gasteiger partial charge in [0.2, 0.25) is 5.89 Å². The number of aromatic nitrogens is 1. The van der Waals surface area contributed by atoms with Crippen LogP contribution >= 0.6 is 0 Å². The molecule has 0 bridgehead atoms. The summed E-state index contributed by atoms with van der Waals surface area (Å²) in [7, 11) is 0. The minimum Gasteiger partial charge on any atom is -0.441 e. The van der Waals surface area contributed by atoms with Crippen LogP contribution in [-0.2, 0) is 0 Å². The maximum atomic E-state index is 13.1. The van der Waals surface area contributed by atoms with Gasteiger partial charge in [-0.15, -0.1) is 0 Å². The molecule has 0 spiro atoms. The minimum absolute atomic E-state index is 0.246. The number of oxazole rings is 1. The molecule has 0 amide bonds. The third kappa shape index (κ3) is 1.91. The molecule has 1 aromatic heterocycles. The van der Waals surface area contributed by atoms with Crippen LogP contribution in [0.2, 0.25) is 0 Å². The largest absolute Gasteiger partial charge is 0.441 e. The fourth-order valence-electron chi connectivity index (χ4n) is 1.39. The van der Waals surface area contributed by atoms with E-state index in [1.807, 2.05) is 13.8 Å². The molecule has 2 aromatic rings. The van der Waals surface area contributed by atoms with Gasteiger partial charge in [0, 0.05) is 11.6 Å².